The smallest absolute Gasteiger partial charge is 0.324 e. The fourth-order valence-corrected chi connectivity index (χ4v) is 4.52. The number of pyridine rings is 2. The van der Waals surface area contributed by atoms with Crippen molar-refractivity contribution in [2.24, 2.45) is 0 Å². The maximum atomic E-state index is 12.9. The van der Waals surface area contributed by atoms with Crippen molar-refractivity contribution in [1.29, 1.82) is 0 Å². The van der Waals surface area contributed by atoms with Crippen LogP contribution in [0.15, 0.2) is 61.1 Å². The van der Waals surface area contributed by atoms with Crippen molar-refractivity contribution in [3.05, 3.63) is 66.6 Å². The van der Waals surface area contributed by atoms with Crippen LogP contribution in [0, 0.1) is 0 Å². The van der Waals surface area contributed by atoms with Crippen LogP contribution in [0.1, 0.15) is 23.2 Å². The summed E-state index contributed by atoms with van der Waals surface area (Å²) >= 11 is 0. The van der Waals surface area contributed by atoms with E-state index >= 15 is 0 Å². The maximum Gasteiger partial charge on any atom is 0.324 e. The van der Waals surface area contributed by atoms with Crippen molar-refractivity contribution >= 4 is 29.1 Å². The molecule has 2 aliphatic heterocycles. The van der Waals surface area contributed by atoms with Crippen LogP contribution in [-0.4, -0.2) is 78.1 Å². The number of benzene rings is 1. The summed E-state index contributed by atoms with van der Waals surface area (Å²) in [5, 5.41) is 3.27. The van der Waals surface area contributed by atoms with Gasteiger partial charge in [-0.2, -0.15) is 0 Å². The van der Waals surface area contributed by atoms with Crippen molar-refractivity contribution in [3.63, 3.8) is 0 Å². The predicted molar refractivity (Wildman–Crippen MR) is 138 cm³/mol. The molecule has 3 amide bonds. The number of ether oxygens (including phenoxy) is 1. The van der Waals surface area contributed by atoms with E-state index < -0.39 is 0 Å². The number of hydrogen-bond acceptors (Lipinski definition) is 6. The summed E-state index contributed by atoms with van der Waals surface area (Å²) in [6, 6.07) is 13.3. The third-order valence-electron chi connectivity index (χ3n) is 6.49. The van der Waals surface area contributed by atoms with Gasteiger partial charge in [-0.1, -0.05) is 12.1 Å². The summed E-state index contributed by atoms with van der Waals surface area (Å²) in [5.74, 6) is 0.645. The first-order valence-corrected chi connectivity index (χ1v) is 12.2. The second-order valence-electron chi connectivity index (χ2n) is 9.28. The van der Waals surface area contributed by atoms with Crippen molar-refractivity contribution in [1.82, 2.24) is 19.8 Å². The van der Waals surface area contributed by atoms with Gasteiger partial charge in [0.1, 0.15) is 5.82 Å². The first-order valence-electron chi connectivity index (χ1n) is 12.2. The third-order valence-corrected chi connectivity index (χ3v) is 6.49. The number of carbonyl (C=O) groups is 2. The van der Waals surface area contributed by atoms with E-state index in [1.165, 1.54) is 0 Å². The Balaban J connectivity index is 1.23. The molecule has 1 unspecified atom stereocenters. The van der Waals surface area contributed by atoms with Gasteiger partial charge in [0.25, 0.3) is 5.91 Å². The lowest BCUT2D eigenvalue weighted by Crippen LogP contribution is -2.36. The molecule has 0 radical (unpaired) electrons. The molecule has 4 heterocycles. The van der Waals surface area contributed by atoms with Gasteiger partial charge < -0.3 is 19.9 Å². The highest BCUT2D eigenvalue weighted by molar-refractivity contribution is 5.95. The minimum atomic E-state index is -0.0266. The normalized spacial score (nSPS) is 17.5. The zero-order valence-corrected chi connectivity index (χ0v) is 20.6. The number of urea groups is 1. The fourth-order valence-electron chi connectivity index (χ4n) is 4.52. The Morgan fingerprint density at radius 1 is 1.08 bits per heavy atom. The molecule has 2 saturated heterocycles. The minimum Gasteiger partial charge on any atom is -0.376 e. The molecule has 186 valence electrons. The van der Waals surface area contributed by atoms with Gasteiger partial charge in [-0.25, -0.2) is 9.78 Å². The summed E-state index contributed by atoms with van der Waals surface area (Å²) in [7, 11) is 3.48. The van der Waals surface area contributed by atoms with Crippen molar-refractivity contribution in [2.45, 2.75) is 18.9 Å². The second kappa shape index (κ2) is 10.3. The molecule has 3 aromatic rings. The molecule has 2 aromatic heterocycles. The highest BCUT2D eigenvalue weighted by atomic mass is 16.5. The summed E-state index contributed by atoms with van der Waals surface area (Å²) in [5.41, 5.74) is 4.08. The molecule has 0 saturated carbocycles. The zero-order valence-electron chi connectivity index (χ0n) is 20.6. The van der Waals surface area contributed by atoms with Gasteiger partial charge in [0.15, 0.2) is 0 Å². The quantitative estimate of drug-likeness (QED) is 0.543. The first-order chi connectivity index (χ1) is 17.5. The van der Waals surface area contributed by atoms with Gasteiger partial charge in [-0.05, 0) is 48.7 Å². The predicted octanol–water partition coefficient (Wildman–Crippen LogP) is 4.01. The van der Waals surface area contributed by atoms with E-state index in [0.717, 1.165) is 42.0 Å². The number of rotatable bonds is 7. The van der Waals surface area contributed by atoms with Crippen LogP contribution < -0.4 is 10.2 Å². The lowest BCUT2D eigenvalue weighted by molar-refractivity contribution is 0.0827. The fraction of sp³-hybridized carbons (Fsp3) is 0.333. The SMILES string of the molecule is CN(C)C(=O)c1ccc(-c2ccc(Nc3cncc(N4CCN(CC5CCCO5)C4=O)c3)nc2)cc1. The number of hydrogen-bond donors (Lipinski definition) is 1. The molecular weight excluding hydrogens is 456 g/mol. The van der Waals surface area contributed by atoms with Crippen LogP contribution in [-0.2, 0) is 4.74 Å². The van der Waals surface area contributed by atoms with Crippen molar-refractivity contribution < 1.29 is 14.3 Å². The Kier molecular flexibility index (Phi) is 6.81. The average Bonchev–Trinajstić information content (AvgIpc) is 3.54. The number of nitrogens with zero attached hydrogens (tertiary/aromatic N) is 5. The molecule has 2 fully saturated rings. The number of carbonyl (C=O) groups excluding carboxylic acids is 2. The van der Waals surface area contributed by atoms with Crippen molar-refractivity contribution in [3.8, 4) is 11.1 Å². The first kappa shape index (κ1) is 23.7. The minimum absolute atomic E-state index is 0.00905. The van der Waals surface area contributed by atoms with E-state index in [1.807, 2.05) is 47.4 Å². The van der Waals surface area contributed by atoms with E-state index in [2.05, 4.69) is 15.3 Å². The van der Waals surface area contributed by atoms with Crippen LogP contribution in [0.4, 0.5) is 22.0 Å². The molecule has 1 aromatic carbocycles. The maximum absolute atomic E-state index is 12.9. The van der Waals surface area contributed by atoms with Crippen LogP contribution >= 0.6 is 0 Å². The molecule has 5 rings (SSSR count). The third kappa shape index (κ3) is 5.16. The summed E-state index contributed by atoms with van der Waals surface area (Å²) in [4.78, 5) is 39.1. The highest BCUT2D eigenvalue weighted by Crippen LogP contribution is 2.26. The molecular formula is C27H30N6O3. The summed E-state index contributed by atoms with van der Waals surface area (Å²) < 4.78 is 5.69. The molecule has 9 nitrogen and oxygen atoms in total. The molecule has 1 atom stereocenters. The van der Waals surface area contributed by atoms with Crippen LogP contribution in [0.3, 0.4) is 0 Å². The number of amides is 3. The molecule has 9 heteroatoms. The van der Waals surface area contributed by atoms with E-state index in [9.17, 15) is 9.59 Å². The van der Waals surface area contributed by atoms with E-state index in [-0.39, 0.29) is 18.0 Å². The number of nitrogens with one attached hydrogen (secondary N) is 1. The second-order valence-corrected chi connectivity index (χ2v) is 9.28. The van der Waals surface area contributed by atoms with E-state index in [0.29, 0.717) is 31.0 Å². The molecule has 0 bridgehead atoms. The van der Waals surface area contributed by atoms with Gasteiger partial charge in [0.05, 0.1) is 29.9 Å². The molecule has 0 spiro atoms. The molecule has 2 aliphatic rings. The molecule has 1 N–H and O–H groups in total. The van der Waals surface area contributed by atoms with Gasteiger partial charge >= 0.3 is 6.03 Å². The lowest BCUT2D eigenvalue weighted by Gasteiger charge is -2.21. The van der Waals surface area contributed by atoms with Gasteiger partial charge in [0, 0.05) is 57.7 Å². The Morgan fingerprint density at radius 2 is 1.89 bits per heavy atom. The van der Waals surface area contributed by atoms with Gasteiger partial charge in [-0.3, -0.25) is 14.7 Å². The average molecular weight is 487 g/mol. The number of anilines is 3. The van der Waals surface area contributed by atoms with Crippen LogP contribution in [0.5, 0.6) is 0 Å². The Hall–Kier alpha value is -3.98. The highest BCUT2D eigenvalue weighted by Gasteiger charge is 2.32. The van der Waals surface area contributed by atoms with Crippen LogP contribution in [0.25, 0.3) is 11.1 Å². The summed E-state index contributed by atoms with van der Waals surface area (Å²) in [6.07, 6.45) is 7.43. The monoisotopic (exact) mass is 486 g/mol. The Morgan fingerprint density at radius 3 is 2.58 bits per heavy atom. The largest absolute Gasteiger partial charge is 0.376 e. The van der Waals surface area contributed by atoms with E-state index in [1.54, 1.807) is 42.5 Å². The summed E-state index contributed by atoms with van der Waals surface area (Å²) in [6.45, 7) is 2.74. The van der Waals surface area contributed by atoms with Gasteiger partial charge in [-0.15, -0.1) is 0 Å². The number of aromatic nitrogens is 2. The van der Waals surface area contributed by atoms with E-state index in [4.69, 9.17) is 4.74 Å². The zero-order chi connectivity index (χ0) is 25.1. The van der Waals surface area contributed by atoms with Gasteiger partial charge in [0.2, 0.25) is 0 Å². The Labute approximate surface area is 210 Å². The van der Waals surface area contributed by atoms with Crippen LogP contribution in [0.2, 0.25) is 0 Å². The molecule has 36 heavy (non-hydrogen) atoms. The topological polar surface area (TPSA) is 90.9 Å². The standard InChI is InChI=1S/C27H30N6O3/c1-31(2)26(34)20-7-5-19(6-8-20)21-9-10-25(29-15-21)30-22-14-23(17-28-16-22)33-12-11-32(27(33)35)18-24-4-3-13-36-24/h5-10,14-17,24H,3-4,11-13,18H2,1-2H3,(H,29,30). The lowest BCUT2D eigenvalue weighted by atomic mass is 10.1. The molecule has 0 aliphatic carbocycles. The Bertz CT molecular complexity index is 1220. The van der Waals surface area contributed by atoms with Crippen molar-refractivity contribution in [2.75, 3.05) is 50.6 Å².